The van der Waals surface area contributed by atoms with E-state index in [0.717, 1.165) is 9.94 Å². The van der Waals surface area contributed by atoms with Crippen molar-refractivity contribution >= 4 is 85.6 Å². The Morgan fingerprint density at radius 1 is 0.239 bits per heavy atom. The Hall–Kier alpha value is -7.89. The topological polar surface area (TPSA) is 55.4 Å². The van der Waals surface area contributed by atoms with Crippen LogP contribution in [0.25, 0.3) is 132 Å². The molecule has 3 aliphatic heterocycles. The Kier molecular flexibility index (Phi) is 14.5. The lowest BCUT2D eigenvalue weighted by atomic mass is 9.49. The fourth-order valence-corrected chi connectivity index (χ4v) is 14.8. The maximum absolute atomic E-state index is 6.56. The summed E-state index contributed by atoms with van der Waals surface area (Å²) in [5.74, 6) is 0. The van der Waals surface area contributed by atoms with Crippen LogP contribution in [0.3, 0.4) is 0 Å². The summed E-state index contributed by atoms with van der Waals surface area (Å²) in [6.07, 6.45) is 0. The Balaban J connectivity index is 0.000000123. The fourth-order valence-electron chi connectivity index (χ4n) is 14.4. The van der Waals surface area contributed by atoms with Crippen molar-refractivity contribution < 1.29 is 27.9 Å². The molecular formula is C82H74B3BrO6. The van der Waals surface area contributed by atoms with Gasteiger partial charge in [-0.2, -0.15) is 0 Å². The number of hydrogen-bond acceptors (Lipinski definition) is 6. The highest BCUT2D eigenvalue weighted by atomic mass is 79.9. The average Bonchev–Trinajstić information content (AvgIpc) is 1.52. The van der Waals surface area contributed by atoms with E-state index in [9.17, 15) is 0 Å². The van der Waals surface area contributed by atoms with E-state index in [1.54, 1.807) is 0 Å². The minimum Gasteiger partial charge on any atom is -0.405 e. The van der Waals surface area contributed by atoms with Gasteiger partial charge in [0.25, 0.3) is 0 Å². The van der Waals surface area contributed by atoms with E-state index in [1.165, 1.54) is 132 Å². The number of rotatable bonds is 6. The van der Waals surface area contributed by atoms with Crippen LogP contribution in [-0.2, 0) is 27.9 Å². The number of halogens is 1. The zero-order valence-electron chi connectivity index (χ0n) is 54.5. The third kappa shape index (κ3) is 9.61. The summed E-state index contributed by atoms with van der Waals surface area (Å²) in [6, 6.07) is 83.6. The third-order valence-corrected chi connectivity index (χ3v) is 21.8. The molecule has 3 heterocycles. The first-order valence-electron chi connectivity index (χ1n) is 32.3. The average molecular weight is 1270 g/mol. The number of benzene rings is 12. The van der Waals surface area contributed by atoms with Gasteiger partial charge in [0.2, 0.25) is 0 Å². The second-order valence-electron chi connectivity index (χ2n) is 28.1. The molecule has 0 amide bonds. The van der Waals surface area contributed by atoms with Crippen molar-refractivity contribution in [1.29, 1.82) is 0 Å². The molecule has 3 fully saturated rings. The molecule has 6 nitrogen and oxygen atoms in total. The van der Waals surface area contributed by atoms with Crippen molar-refractivity contribution in [3.63, 3.8) is 0 Å². The van der Waals surface area contributed by atoms with E-state index in [-0.39, 0.29) is 22.4 Å². The van der Waals surface area contributed by atoms with Crippen molar-refractivity contribution in [2.75, 3.05) is 0 Å². The lowest BCUT2D eigenvalue weighted by Crippen LogP contribution is -2.41. The molecule has 2 aliphatic carbocycles. The van der Waals surface area contributed by atoms with Crippen molar-refractivity contribution in [3.05, 3.63) is 235 Å². The first-order valence-corrected chi connectivity index (χ1v) is 33.1. The third-order valence-electron chi connectivity index (χ3n) is 21.1. The van der Waals surface area contributed by atoms with Crippen molar-refractivity contribution in [3.8, 4) is 89.0 Å². The largest absolute Gasteiger partial charge is 0.495 e. The van der Waals surface area contributed by atoms with Gasteiger partial charge < -0.3 is 27.9 Å². The first-order chi connectivity index (χ1) is 44.1. The van der Waals surface area contributed by atoms with Gasteiger partial charge in [-0.1, -0.05) is 240 Å². The molecule has 92 heavy (non-hydrogen) atoms. The Morgan fingerprint density at radius 2 is 0.500 bits per heavy atom. The van der Waals surface area contributed by atoms with Crippen LogP contribution in [0.1, 0.15) is 83.1 Å². The predicted molar refractivity (Wildman–Crippen MR) is 389 cm³/mol. The zero-order chi connectivity index (χ0) is 63.9. The van der Waals surface area contributed by atoms with Crippen molar-refractivity contribution in [2.45, 2.75) is 117 Å². The summed E-state index contributed by atoms with van der Waals surface area (Å²) in [6.45, 7) is 24.7. The lowest BCUT2D eigenvalue weighted by molar-refractivity contribution is 0.00578. The van der Waals surface area contributed by atoms with Gasteiger partial charge in [0, 0.05) is 4.47 Å². The molecule has 12 aromatic rings. The molecule has 5 aliphatic rings. The van der Waals surface area contributed by atoms with Gasteiger partial charge in [0.05, 0.1) is 33.6 Å². The molecule has 0 unspecified atom stereocenters. The summed E-state index contributed by atoms with van der Waals surface area (Å²) in [5, 5.41) is 10.2. The van der Waals surface area contributed by atoms with E-state index in [2.05, 4.69) is 274 Å². The first kappa shape index (κ1) is 60.4. The molecule has 0 saturated carbocycles. The maximum Gasteiger partial charge on any atom is 0.495 e. The van der Waals surface area contributed by atoms with Crippen LogP contribution in [0.5, 0.6) is 0 Å². The summed E-state index contributed by atoms with van der Waals surface area (Å²) >= 11 is 3.81. The monoisotopic (exact) mass is 1270 g/mol. The molecule has 0 bridgehead atoms. The van der Waals surface area contributed by atoms with Crippen LogP contribution in [0, 0.1) is 0 Å². The zero-order valence-corrected chi connectivity index (χ0v) is 56.1. The van der Waals surface area contributed by atoms with Crippen molar-refractivity contribution in [2.24, 2.45) is 0 Å². The molecule has 12 aromatic carbocycles. The molecule has 10 heteroatoms. The molecule has 0 radical (unpaired) electrons. The second kappa shape index (κ2) is 22.1. The highest BCUT2D eigenvalue weighted by Crippen LogP contribution is 2.60. The highest BCUT2D eigenvalue weighted by Gasteiger charge is 2.64. The van der Waals surface area contributed by atoms with Gasteiger partial charge >= 0.3 is 21.1 Å². The summed E-state index contributed by atoms with van der Waals surface area (Å²) in [7, 11) is -1.37. The second-order valence-corrected chi connectivity index (χ2v) is 29.0. The minimum absolute atomic E-state index is 0.360. The number of hydrogen-bond donors (Lipinski definition) is 0. The highest BCUT2D eigenvalue weighted by molar-refractivity contribution is 9.10. The van der Waals surface area contributed by atoms with Gasteiger partial charge in [-0.15, -0.1) is 0 Å². The van der Waals surface area contributed by atoms with Gasteiger partial charge in [0.15, 0.2) is 0 Å². The SMILES string of the molecule is Brc1ccc2c3c(cccc13)-c1c-2c(-c2ccccc2)c2ccccc2c1-c1ccccc1.CC1(C)OB(B2OC(C)(C)C(C)(C)O2)OC1(C)C.CC1(C)OB(c2ccc3c4c(cccc24)-c2c-3c(-c3ccccc3)c3ccccc3c2-c2ccccc2)OC1(C)C. The summed E-state index contributed by atoms with van der Waals surface area (Å²) in [5.41, 5.74) is 19.5. The molecular weight excluding hydrogens is 1190 g/mol. The minimum atomic E-state index is -0.476. The Morgan fingerprint density at radius 3 is 0.837 bits per heavy atom. The normalized spacial score (nSPS) is 17.8. The van der Waals surface area contributed by atoms with Crippen LogP contribution >= 0.6 is 15.9 Å². The molecule has 0 atom stereocenters. The van der Waals surface area contributed by atoms with E-state index in [0.29, 0.717) is 0 Å². The van der Waals surface area contributed by atoms with Crippen molar-refractivity contribution in [1.82, 2.24) is 0 Å². The lowest BCUT2D eigenvalue weighted by Gasteiger charge is -2.32. The molecule has 454 valence electrons. The van der Waals surface area contributed by atoms with Gasteiger partial charge in [-0.3, -0.25) is 0 Å². The quantitative estimate of drug-likeness (QED) is 0.155. The number of fused-ring (bicyclic) bond motifs is 8. The van der Waals surface area contributed by atoms with E-state index < -0.39 is 32.3 Å². The van der Waals surface area contributed by atoms with E-state index >= 15 is 0 Å². The van der Waals surface area contributed by atoms with Crippen LogP contribution < -0.4 is 5.46 Å². The van der Waals surface area contributed by atoms with E-state index in [1.807, 2.05) is 55.4 Å². The molecule has 0 spiro atoms. The van der Waals surface area contributed by atoms with Gasteiger partial charge in [-0.25, -0.2) is 0 Å². The van der Waals surface area contributed by atoms with Crippen LogP contribution in [0.15, 0.2) is 235 Å². The van der Waals surface area contributed by atoms with Gasteiger partial charge in [0.1, 0.15) is 0 Å². The molecule has 0 N–H and O–H groups in total. The predicted octanol–water partition coefficient (Wildman–Crippen LogP) is 21.3. The van der Waals surface area contributed by atoms with Crippen LogP contribution in [0.2, 0.25) is 0 Å². The summed E-state index contributed by atoms with van der Waals surface area (Å²) < 4.78 is 38.1. The summed E-state index contributed by atoms with van der Waals surface area (Å²) in [4.78, 5) is 0. The Labute approximate surface area is 550 Å². The molecule has 3 saturated heterocycles. The van der Waals surface area contributed by atoms with Gasteiger partial charge in [-0.05, 0) is 227 Å². The Bertz CT molecular complexity index is 4650. The van der Waals surface area contributed by atoms with E-state index in [4.69, 9.17) is 27.9 Å². The van der Waals surface area contributed by atoms with Crippen LogP contribution in [0.4, 0.5) is 0 Å². The molecule has 0 aromatic heterocycles. The van der Waals surface area contributed by atoms with Crippen LogP contribution in [-0.4, -0.2) is 54.7 Å². The smallest absolute Gasteiger partial charge is 0.405 e. The fraction of sp³-hybridized carbons (Fsp3) is 0.220. The molecule has 17 rings (SSSR count). The maximum atomic E-state index is 6.56. The standard InChI is InChI=1S/C38H31BO2.C32H19Br.C12H24B2O4/c1-37(2)38(3,4)41-39(40-37)31-23-22-30-34-28(31)20-13-21-29(34)35-32(24-14-7-5-8-15-24)26-18-11-12-19-27(26)33(36(30)35)25-16-9-6-10-17-25;33-27-19-18-26-30-24(27)16-9-17-25(30)31-28(20-10-3-1-4-11-20)22-14-7-8-15-23(22)29(32(26)31)21-12-5-2-6-13-21;1-9(2)10(3,4)16-13(15-9)14-17-11(5,6)12(7,8)18-14/h5-23H,1-4H3;1-19H;1-8H3.